The summed E-state index contributed by atoms with van der Waals surface area (Å²) in [6.45, 7) is 0.746. The fraction of sp³-hybridized carbons (Fsp3) is 0.350. The van der Waals surface area contributed by atoms with Gasteiger partial charge in [-0.1, -0.05) is 0 Å². The highest BCUT2D eigenvalue weighted by molar-refractivity contribution is 7.19. The molecular formula is C20H20N4O2S. The summed E-state index contributed by atoms with van der Waals surface area (Å²) in [5.41, 5.74) is 3.11. The first-order valence-corrected chi connectivity index (χ1v) is 10.1. The molecule has 1 aliphatic heterocycles. The van der Waals surface area contributed by atoms with Crippen molar-refractivity contribution in [2.45, 2.75) is 32.1 Å². The smallest absolute Gasteiger partial charge is 0.227 e. The average Bonchev–Trinajstić information content (AvgIpc) is 3.37. The molecule has 0 spiro atoms. The minimum atomic E-state index is 0.153. The van der Waals surface area contributed by atoms with Gasteiger partial charge in [0, 0.05) is 29.6 Å². The van der Waals surface area contributed by atoms with Crippen molar-refractivity contribution in [2.24, 2.45) is 0 Å². The lowest BCUT2D eigenvalue weighted by atomic mass is 10.2. The molecule has 3 aromatic rings. The quantitative estimate of drug-likeness (QED) is 0.739. The number of amides is 1. The van der Waals surface area contributed by atoms with E-state index in [0.29, 0.717) is 12.2 Å². The minimum Gasteiger partial charge on any atom is -0.494 e. The second-order valence-electron chi connectivity index (χ2n) is 6.92. The first-order chi connectivity index (χ1) is 13.2. The van der Waals surface area contributed by atoms with E-state index in [4.69, 9.17) is 4.74 Å². The first kappa shape index (κ1) is 16.5. The Labute approximate surface area is 161 Å². The number of hydrogen-bond acceptors (Lipinski definition) is 6. The molecule has 0 atom stereocenters. The van der Waals surface area contributed by atoms with Crippen LogP contribution in [0.2, 0.25) is 0 Å². The third kappa shape index (κ3) is 2.73. The maximum Gasteiger partial charge on any atom is 0.227 e. The molecule has 6 nitrogen and oxygen atoms in total. The topological polar surface area (TPSA) is 67.3 Å². The largest absolute Gasteiger partial charge is 0.494 e. The molecule has 27 heavy (non-hydrogen) atoms. The second-order valence-corrected chi connectivity index (χ2v) is 8.00. The molecular weight excluding hydrogens is 360 g/mol. The zero-order valence-corrected chi connectivity index (χ0v) is 15.9. The molecule has 5 rings (SSSR count). The zero-order valence-electron chi connectivity index (χ0n) is 15.1. The number of fused-ring (bicyclic) bond motifs is 3. The monoisotopic (exact) mass is 380 g/mol. The number of thiophene rings is 1. The molecule has 0 bridgehead atoms. The Morgan fingerprint density at radius 2 is 2.11 bits per heavy atom. The van der Waals surface area contributed by atoms with Crippen molar-refractivity contribution >= 4 is 44.7 Å². The summed E-state index contributed by atoms with van der Waals surface area (Å²) < 4.78 is 5.57. The number of carbonyl (C=O) groups is 1. The summed E-state index contributed by atoms with van der Waals surface area (Å²) in [6.07, 6.45) is 6.55. The lowest BCUT2D eigenvalue weighted by molar-refractivity contribution is -0.117. The number of benzene rings is 1. The highest BCUT2D eigenvalue weighted by atomic mass is 32.1. The molecule has 7 heteroatoms. The number of ether oxygens (including phenoxy) is 1. The number of anilines is 3. The van der Waals surface area contributed by atoms with Gasteiger partial charge in [-0.3, -0.25) is 4.79 Å². The average molecular weight is 380 g/mol. The maximum absolute atomic E-state index is 12.1. The van der Waals surface area contributed by atoms with E-state index in [1.165, 1.54) is 16.9 Å². The van der Waals surface area contributed by atoms with E-state index in [1.807, 2.05) is 18.2 Å². The Morgan fingerprint density at radius 3 is 2.93 bits per heavy atom. The van der Waals surface area contributed by atoms with Crippen LogP contribution in [0.4, 0.5) is 17.2 Å². The van der Waals surface area contributed by atoms with Crippen molar-refractivity contribution in [3.8, 4) is 5.75 Å². The number of rotatable bonds is 4. The highest BCUT2D eigenvalue weighted by Crippen LogP contribution is 2.40. The third-order valence-corrected chi connectivity index (χ3v) is 6.51. The van der Waals surface area contributed by atoms with E-state index < -0.39 is 0 Å². The van der Waals surface area contributed by atoms with Crippen molar-refractivity contribution in [3.05, 3.63) is 35.0 Å². The molecule has 3 heterocycles. The molecule has 2 aliphatic rings. The predicted molar refractivity (Wildman–Crippen MR) is 107 cm³/mol. The van der Waals surface area contributed by atoms with Crippen molar-refractivity contribution in [1.29, 1.82) is 0 Å². The number of methoxy groups -OCH3 is 1. The van der Waals surface area contributed by atoms with Crippen LogP contribution in [-0.4, -0.2) is 29.5 Å². The van der Waals surface area contributed by atoms with Crippen molar-refractivity contribution in [1.82, 2.24) is 9.97 Å². The molecule has 1 saturated heterocycles. The zero-order chi connectivity index (χ0) is 18.4. The van der Waals surface area contributed by atoms with Crippen LogP contribution >= 0.6 is 11.3 Å². The number of nitrogens with one attached hydrogen (secondary N) is 1. The summed E-state index contributed by atoms with van der Waals surface area (Å²) in [7, 11) is 1.64. The lowest BCUT2D eigenvalue weighted by Gasteiger charge is -2.20. The first-order valence-electron chi connectivity index (χ1n) is 9.25. The van der Waals surface area contributed by atoms with Crippen molar-refractivity contribution in [3.63, 3.8) is 0 Å². The minimum absolute atomic E-state index is 0.153. The standard InChI is InChI=1S/C20H20N4O2S/c1-26-15-10-12(7-8-14(15)24-9-3-6-17(24)25)23-19-18-13-4-2-5-16(13)27-20(18)22-11-21-19/h7-8,10-11H,2-6,9H2,1H3,(H,21,22,23). The Balaban J connectivity index is 1.51. The van der Waals surface area contributed by atoms with Crippen LogP contribution < -0.4 is 15.0 Å². The number of aromatic nitrogens is 2. The number of aryl methyl sites for hydroxylation is 2. The summed E-state index contributed by atoms with van der Waals surface area (Å²) in [5, 5.41) is 4.58. The Kier molecular flexibility index (Phi) is 3.97. The maximum atomic E-state index is 12.1. The molecule has 0 unspecified atom stereocenters. The van der Waals surface area contributed by atoms with Crippen molar-refractivity contribution in [2.75, 3.05) is 23.9 Å². The van der Waals surface area contributed by atoms with Crippen LogP contribution in [0.25, 0.3) is 10.2 Å². The molecule has 1 aromatic carbocycles. The van der Waals surface area contributed by atoms with Crippen molar-refractivity contribution < 1.29 is 9.53 Å². The Bertz CT molecular complexity index is 1050. The number of nitrogens with zero attached hydrogens (tertiary/aromatic N) is 3. The van der Waals surface area contributed by atoms with Gasteiger partial charge in [0.2, 0.25) is 5.91 Å². The van der Waals surface area contributed by atoms with E-state index >= 15 is 0 Å². The van der Waals surface area contributed by atoms with Crippen LogP contribution in [0.5, 0.6) is 5.75 Å². The van der Waals surface area contributed by atoms with E-state index in [0.717, 1.165) is 53.2 Å². The molecule has 1 N–H and O–H groups in total. The molecule has 1 aliphatic carbocycles. The van der Waals surface area contributed by atoms with Gasteiger partial charge in [-0.15, -0.1) is 11.3 Å². The van der Waals surface area contributed by atoms with E-state index in [9.17, 15) is 4.79 Å². The fourth-order valence-corrected chi connectivity index (χ4v) is 5.27. The number of carbonyl (C=O) groups excluding carboxylic acids is 1. The second kappa shape index (κ2) is 6.49. The Morgan fingerprint density at radius 1 is 1.19 bits per heavy atom. The van der Waals surface area contributed by atoms with Gasteiger partial charge in [-0.05, 0) is 43.4 Å². The van der Waals surface area contributed by atoms with E-state index in [-0.39, 0.29) is 5.91 Å². The van der Waals surface area contributed by atoms with Gasteiger partial charge in [0.05, 0.1) is 18.2 Å². The van der Waals surface area contributed by atoms with Crippen LogP contribution in [0.1, 0.15) is 29.7 Å². The van der Waals surface area contributed by atoms with Gasteiger partial charge in [-0.25, -0.2) is 9.97 Å². The van der Waals surface area contributed by atoms with Gasteiger partial charge in [0.1, 0.15) is 22.7 Å². The lowest BCUT2D eigenvalue weighted by Crippen LogP contribution is -2.24. The van der Waals surface area contributed by atoms with Crippen LogP contribution in [0, 0.1) is 0 Å². The Hall–Kier alpha value is -2.67. The highest BCUT2D eigenvalue weighted by Gasteiger charge is 2.25. The van der Waals surface area contributed by atoms with Gasteiger partial charge >= 0.3 is 0 Å². The molecule has 0 saturated carbocycles. The number of hydrogen-bond donors (Lipinski definition) is 1. The van der Waals surface area contributed by atoms with Gasteiger partial charge in [0.25, 0.3) is 0 Å². The SMILES string of the molecule is COc1cc(Nc2ncnc3sc4c(c23)CCC4)ccc1N1CCCC1=O. The van der Waals surface area contributed by atoms with Gasteiger partial charge < -0.3 is 15.0 Å². The van der Waals surface area contributed by atoms with Crippen LogP contribution in [0.15, 0.2) is 24.5 Å². The van der Waals surface area contributed by atoms with Crippen LogP contribution in [-0.2, 0) is 17.6 Å². The molecule has 1 amide bonds. The third-order valence-electron chi connectivity index (χ3n) is 5.31. The molecule has 0 radical (unpaired) electrons. The van der Waals surface area contributed by atoms with E-state index in [2.05, 4.69) is 15.3 Å². The molecule has 138 valence electrons. The predicted octanol–water partition coefficient (Wildman–Crippen LogP) is 4.06. The van der Waals surface area contributed by atoms with Crippen LogP contribution in [0.3, 0.4) is 0 Å². The summed E-state index contributed by atoms with van der Waals surface area (Å²) in [5.74, 6) is 1.68. The molecule has 1 fully saturated rings. The normalized spacial score (nSPS) is 16.2. The van der Waals surface area contributed by atoms with Gasteiger partial charge in [-0.2, -0.15) is 0 Å². The summed E-state index contributed by atoms with van der Waals surface area (Å²) in [6, 6.07) is 5.85. The van der Waals surface area contributed by atoms with E-state index in [1.54, 1.807) is 29.7 Å². The molecule has 2 aromatic heterocycles. The fourth-order valence-electron chi connectivity index (χ4n) is 4.04. The van der Waals surface area contributed by atoms with Gasteiger partial charge in [0.15, 0.2) is 0 Å². The summed E-state index contributed by atoms with van der Waals surface area (Å²) in [4.78, 5) is 25.3. The summed E-state index contributed by atoms with van der Waals surface area (Å²) >= 11 is 1.78.